The number of hydrogen-bond acceptors (Lipinski definition) is 7. The molecular formula is C22H31N5O4. The molecule has 0 aliphatic carbocycles. The molecule has 9 heteroatoms. The molecule has 31 heavy (non-hydrogen) atoms. The summed E-state index contributed by atoms with van der Waals surface area (Å²) < 4.78 is 10.4. The quantitative estimate of drug-likeness (QED) is 0.635. The van der Waals surface area contributed by atoms with Gasteiger partial charge in [-0.3, -0.25) is 9.59 Å². The Morgan fingerprint density at radius 3 is 2.81 bits per heavy atom. The lowest BCUT2D eigenvalue weighted by Crippen LogP contribution is -2.51. The summed E-state index contributed by atoms with van der Waals surface area (Å²) in [6.45, 7) is 7.41. The summed E-state index contributed by atoms with van der Waals surface area (Å²) >= 11 is 0. The topological polar surface area (TPSA) is 102 Å². The van der Waals surface area contributed by atoms with E-state index in [9.17, 15) is 9.59 Å². The first-order valence-electron chi connectivity index (χ1n) is 10.7. The number of rotatable bonds is 8. The first kappa shape index (κ1) is 22.7. The molecule has 2 aromatic rings. The lowest BCUT2D eigenvalue weighted by atomic mass is 10.0. The zero-order valence-corrected chi connectivity index (χ0v) is 18.7. The number of ether oxygens (including phenoxy) is 1. The molecule has 0 saturated carbocycles. The second-order valence-electron chi connectivity index (χ2n) is 8.30. The predicted octanol–water partition coefficient (Wildman–Crippen LogP) is 2.37. The molecule has 0 aromatic carbocycles. The van der Waals surface area contributed by atoms with Crippen LogP contribution in [0.3, 0.4) is 0 Å². The van der Waals surface area contributed by atoms with Gasteiger partial charge in [0, 0.05) is 57.7 Å². The van der Waals surface area contributed by atoms with Crippen molar-refractivity contribution >= 4 is 11.8 Å². The first-order valence-corrected chi connectivity index (χ1v) is 10.7. The van der Waals surface area contributed by atoms with E-state index in [4.69, 9.17) is 9.26 Å². The minimum absolute atomic E-state index is 0.0173. The molecule has 9 nitrogen and oxygen atoms in total. The molecule has 3 rings (SSSR count). The van der Waals surface area contributed by atoms with Gasteiger partial charge in [0.1, 0.15) is 0 Å². The van der Waals surface area contributed by atoms with Gasteiger partial charge in [0.2, 0.25) is 17.7 Å². The molecule has 2 amide bonds. The maximum Gasteiger partial charge on any atom is 0.255 e. The van der Waals surface area contributed by atoms with Crippen molar-refractivity contribution < 1.29 is 18.8 Å². The number of methoxy groups -OCH3 is 1. The highest BCUT2D eigenvalue weighted by atomic mass is 16.5. The van der Waals surface area contributed by atoms with Crippen LogP contribution in [0.15, 0.2) is 22.9 Å². The summed E-state index contributed by atoms with van der Waals surface area (Å²) in [4.78, 5) is 37.4. The van der Waals surface area contributed by atoms with Crippen LogP contribution in [0.4, 0.5) is 0 Å². The van der Waals surface area contributed by atoms with Crippen LogP contribution in [0.5, 0.6) is 5.88 Å². The van der Waals surface area contributed by atoms with Crippen molar-refractivity contribution in [2.45, 2.75) is 52.5 Å². The van der Waals surface area contributed by atoms with Crippen LogP contribution in [0.1, 0.15) is 55.7 Å². The Hall–Kier alpha value is -2.97. The van der Waals surface area contributed by atoms with Gasteiger partial charge in [0.05, 0.1) is 12.7 Å². The third-order valence-electron chi connectivity index (χ3n) is 5.39. The monoisotopic (exact) mass is 429 g/mol. The maximum atomic E-state index is 12.9. The Morgan fingerprint density at radius 1 is 1.35 bits per heavy atom. The van der Waals surface area contributed by atoms with Crippen LogP contribution in [0, 0.1) is 5.92 Å². The summed E-state index contributed by atoms with van der Waals surface area (Å²) in [5.74, 6) is 2.04. The Bertz CT molecular complexity index is 880. The molecule has 2 aromatic heterocycles. The third-order valence-corrected chi connectivity index (χ3v) is 5.39. The summed E-state index contributed by atoms with van der Waals surface area (Å²) in [7, 11) is 1.54. The van der Waals surface area contributed by atoms with Crippen molar-refractivity contribution in [2.24, 2.45) is 5.92 Å². The highest BCUT2D eigenvalue weighted by Gasteiger charge is 2.30. The zero-order chi connectivity index (χ0) is 22.4. The van der Waals surface area contributed by atoms with E-state index < -0.39 is 0 Å². The number of pyridine rings is 1. The van der Waals surface area contributed by atoms with E-state index in [1.54, 1.807) is 24.0 Å². The molecule has 0 bridgehead atoms. The molecule has 168 valence electrons. The van der Waals surface area contributed by atoms with E-state index in [0.717, 1.165) is 19.3 Å². The molecule has 1 aliphatic heterocycles. The molecule has 3 heterocycles. The van der Waals surface area contributed by atoms with Gasteiger partial charge in [-0.25, -0.2) is 4.98 Å². The number of hydrogen-bond donors (Lipinski definition) is 0. The molecule has 1 fully saturated rings. The zero-order valence-electron chi connectivity index (χ0n) is 18.7. The number of amides is 2. The fourth-order valence-electron chi connectivity index (χ4n) is 3.85. The van der Waals surface area contributed by atoms with Gasteiger partial charge < -0.3 is 19.1 Å². The predicted molar refractivity (Wildman–Crippen MR) is 114 cm³/mol. The van der Waals surface area contributed by atoms with Crippen molar-refractivity contribution in [3.8, 4) is 5.88 Å². The van der Waals surface area contributed by atoms with Gasteiger partial charge in [-0.1, -0.05) is 19.0 Å². The number of carbonyl (C=O) groups is 2. The molecule has 0 radical (unpaired) electrons. The fraction of sp³-hybridized carbons (Fsp3) is 0.591. The average molecular weight is 430 g/mol. The van der Waals surface area contributed by atoms with Gasteiger partial charge in [-0.05, 0) is 24.8 Å². The van der Waals surface area contributed by atoms with Crippen LogP contribution in [-0.2, 0) is 17.6 Å². The lowest BCUT2D eigenvalue weighted by Gasteiger charge is -2.39. The number of aromatic nitrogens is 3. The van der Waals surface area contributed by atoms with Crippen LogP contribution < -0.4 is 4.74 Å². The standard InChI is InChI=1S/C22H31N5O4/c1-15(2)12-21-24-19(25-31-21)9-11-27(16(3)28)18-6-5-10-26(14-18)22(29)17-7-8-20(30-4)23-13-17/h7-8,13,15,18H,5-6,9-12,14H2,1-4H3. The van der Waals surface area contributed by atoms with Crippen LogP contribution in [0.25, 0.3) is 0 Å². The summed E-state index contributed by atoms with van der Waals surface area (Å²) in [5, 5.41) is 4.04. The van der Waals surface area contributed by atoms with Gasteiger partial charge in [-0.15, -0.1) is 0 Å². The third kappa shape index (κ3) is 6.02. The average Bonchev–Trinajstić information content (AvgIpc) is 3.20. The molecule has 1 saturated heterocycles. The Labute approximate surface area is 182 Å². The van der Waals surface area contributed by atoms with Crippen molar-refractivity contribution in [3.05, 3.63) is 35.6 Å². The van der Waals surface area contributed by atoms with E-state index in [0.29, 0.717) is 55.1 Å². The normalized spacial score (nSPS) is 16.4. The van der Waals surface area contributed by atoms with E-state index >= 15 is 0 Å². The summed E-state index contributed by atoms with van der Waals surface area (Å²) in [6, 6.07) is 3.35. The van der Waals surface area contributed by atoms with Gasteiger partial charge in [0.15, 0.2) is 5.82 Å². The SMILES string of the molecule is COc1ccc(C(=O)N2CCCC(N(CCc3noc(CC(C)C)n3)C(C)=O)C2)cn1. The van der Waals surface area contributed by atoms with Crippen molar-refractivity contribution in [1.29, 1.82) is 0 Å². The van der Waals surface area contributed by atoms with Gasteiger partial charge in [-0.2, -0.15) is 4.98 Å². The highest BCUT2D eigenvalue weighted by Crippen LogP contribution is 2.19. The van der Waals surface area contributed by atoms with Crippen LogP contribution >= 0.6 is 0 Å². The minimum atomic E-state index is -0.0835. The second-order valence-corrected chi connectivity index (χ2v) is 8.30. The van der Waals surface area contributed by atoms with Gasteiger partial charge in [0.25, 0.3) is 5.91 Å². The largest absolute Gasteiger partial charge is 0.481 e. The number of piperidine rings is 1. The minimum Gasteiger partial charge on any atom is -0.481 e. The van der Waals surface area contributed by atoms with E-state index in [2.05, 4.69) is 29.0 Å². The van der Waals surface area contributed by atoms with Gasteiger partial charge >= 0.3 is 0 Å². The number of likely N-dealkylation sites (tertiary alicyclic amines) is 1. The van der Waals surface area contributed by atoms with Crippen molar-refractivity contribution in [3.63, 3.8) is 0 Å². The molecular weight excluding hydrogens is 398 g/mol. The molecule has 0 spiro atoms. The van der Waals surface area contributed by atoms with Crippen molar-refractivity contribution in [1.82, 2.24) is 24.9 Å². The maximum absolute atomic E-state index is 12.9. The Balaban J connectivity index is 1.62. The molecule has 1 atom stereocenters. The molecule has 1 unspecified atom stereocenters. The summed E-state index contributed by atoms with van der Waals surface area (Å²) in [5.41, 5.74) is 0.514. The van der Waals surface area contributed by atoms with E-state index in [1.807, 2.05) is 4.90 Å². The highest BCUT2D eigenvalue weighted by molar-refractivity contribution is 5.94. The first-order chi connectivity index (χ1) is 14.9. The number of carbonyl (C=O) groups excluding carboxylic acids is 2. The van der Waals surface area contributed by atoms with Crippen LogP contribution in [0.2, 0.25) is 0 Å². The Kier molecular flexibility index (Phi) is 7.59. The number of nitrogens with zero attached hydrogens (tertiary/aromatic N) is 5. The smallest absolute Gasteiger partial charge is 0.255 e. The molecule has 0 N–H and O–H groups in total. The van der Waals surface area contributed by atoms with Crippen LogP contribution in [-0.4, -0.2) is 69.5 Å². The van der Waals surface area contributed by atoms with E-state index in [-0.39, 0.29) is 17.9 Å². The fourth-order valence-corrected chi connectivity index (χ4v) is 3.85. The van der Waals surface area contributed by atoms with Crippen molar-refractivity contribution in [2.75, 3.05) is 26.7 Å². The molecule has 1 aliphatic rings. The second kappa shape index (κ2) is 10.4. The van der Waals surface area contributed by atoms with E-state index in [1.165, 1.54) is 13.3 Å². The Morgan fingerprint density at radius 2 is 2.16 bits per heavy atom. The summed E-state index contributed by atoms with van der Waals surface area (Å²) in [6.07, 6.45) is 4.48. The lowest BCUT2D eigenvalue weighted by molar-refractivity contribution is -0.132.